The molecule has 0 fully saturated rings. The summed E-state index contributed by atoms with van der Waals surface area (Å²) in [6.45, 7) is 0. The fourth-order valence-electron chi connectivity index (χ4n) is 2.36. The van der Waals surface area contributed by atoms with Crippen LogP contribution in [0, 0.1) is 0 Å². The lowest BCUT2D eigenvalue weighted by Gasteiger charge is -2.09. The van der Waals surface area contributed by atoms with Gasteiger partial charge in [0.2, 0.25) is 19.9 Å². The minimum atomic E-state index is -3.72. The third-order valence-electron chi connectivity index (χ3n) is 3.58. The van der Waals surface area contributed by atoms with Gasteiger partial charge >= 0.3 is 0 Å². The number of ether oxygens (including phenoxy) is 1. The van der Waals surface area contributed by atoms with Crippen LogP contribution in [0.15, 0.2) is 88.7 Å². The molecule has 27 heavy (non-hydrogen) atoms. The van der Waals surface area contributed by atoms with Crippen molar-refractivity contribution in [3.05, 3.63) is 78.9 Å². The monoisotopic (exact) mass is 403 g/mol. The lowest BCUT2D eigenvalue weighted by atomic mass is 10.3. The van der Waals surface area contributed by atoms with E-state index in [-0.39, 0.29) is 9.79 Å². The van der Waals surface area contributed by atoms with Crippen molar-refractivity contribution in [2.45, 2.75) is 9.79 Å². The molecule has 0 radical (unpaired) electrons. The second-order valence-corrected chi connectivity index (χ2v) is 9.49. The van der Waals surface area contributed by atoms with Crippen LogP contribution in [0.1, 0.15) is 0 Å². The van der Waals surface area contributed by atoms with Gasteiger partial charge in [-0.1, -0.05) is 18.2 Å². The van der Waals surface area contributed by atoms with Crippen LogP contribution < -0.4 is 9.46 Å². The van der Waals surface area contributed by atoms with Gasteiger partial charge < -0.3 is 4.74 Å². The van der Waals surface area contributed by atoms with E-state index in [1.165, 1.54) is 36.4 Å². The molecule has 0 saturated heterocycles. The molecule has 0 amide bonds. The summed E-state index contributed by atoms with van der Waals surface area (Å²) in [6.07, 6.45) is 1.02. The molecule has 1 N–H and O–H groups in total. The molecule has 0 saturated carbocycles. The Morgan fingerprint density at radius 1 is 0.667 bits per heavy atom. The Balaban J connectivity index is 1.80. The van der Waals surface area contributed by atoms with Crippen LogP contribution in [0.25, 0.3) is 0 Å². The van der Waals surface area contributed by atoms with Gasteiger partial charge in [-0.15, -0.1) is 0 Å². The number of hydrogen-bond donors (Lipinski definition) is 1. The van der Waals surface area contributed by atoms with Gasteiger partial charge in [0.25, 0.3) is 0 Å². The summed E-state index contributed by atoms with van der Waals surface area (Å²) in [4.78, 5) is 0.185. The molecule has 0 aliphatic heterocycles. The molecule has 0 atom stereocenters. The number of benzene rings is 3. The van der Waals surface area contributed by atoms with E-state index in [0.29, 0.717) is 17.2 Å². The third kappa shape index (κ3) is 4.87. The molecule has 0 spiro atoms. The van der Waals surface area contributed by atoms with Crippen LogP contribution >= 0.6 is 0 Å². The average Bonchev–Trinajstić information content (AvgIpc) is 2.62. The van der Waals surface area contributed by atoms with Crippen LogP contribution in [0.5, 0.6) is 11.5 Å². The zero-order valence-electron chi connectivity index (χ0n) is 14.4. The van der Waals surface area contributed by atoms with Crippen molar-refractivity contribution >= 4 is 25.5 Å². The SMILES string of the molecule is CS(=O)(=O)Nc1ccc(S(=O)(=O)c2ccc(Oc3ccccc3)cc2)cc1. The standard InChI is InChI=1S/C19H17NO5S2/c1-26(21,22)20-15-7-11-18(12-8-15)27(23,24)19-13-9-17(10-14-19)25-16-5-3-2-4-6-16/h2-14,20H,1H3. The Kier molecular flexibility index (Phi) is 5.20. The molecule has 0 aliphatic carbocycles. The maximum atomic E-state index is 12.7. The van der Waals surface area contributed by atoms with Crippen LogP contribution in [0.2, 0.25) is 0 Å². The minimum absolute atomic E-state index is 0.0679. The first-order valence-corrected chi connectivity index (χ1v) is 11.3. The summed E-state index contributed by atoms with van der Waals surface area (Å²) in [5, 5.41) is 0. The molecule has 3 aromatic carbocycles. The summed E-state index contributed by atoms with van der Waals surface area (Å²) in [5.74, 6) is 1.18. The molecule has 140 valence electrons. The van der Waals surface area contributed by atoms with Gasteiger partial charge in [0.05, 0.1) is 16.0 Å². The van der Waals surface area contributed by atoms with Gasteiger partial charge in [-0.25, -0.2) is 16.8 Å². The maximum Gasteiger partial charge on any atom is 0.229 e. The molecular formula is C19H17NO5S2. The van der Waals surface area contributed by atoms with Crippen molar-refractivity contribution in [3.8, 4) is 11.5 Å². The first-order chi connectivity index (χ1) is 12.7. The molecular weight excluding hydrogens is 386 g/mol. The third-order valence-corrected chi connectivity index (χ3v) is 5.97. The lowest BCUT2D eigenvalue weighted by molar-refractivity contribution is 0.482. The van der Waals surface area contributed by atoms with Crippen molar-refractivity contribution in [3.63, 3.8) is 0 Å². The lowest BCUT2D eigenvalue weighted by Crippen LogP contribution is -2.09. The van der Waals surface area contributed by atoms with Crippen molar-refractivity contribution in [1.29, 1.82) is 0 Å². The van der Waals surface area contributed by atoms with Crippen molar-refractivity contribution in [2.24, 2.45) is 0 Å². The number of nitrogens with one attached hydrogen (secondary N) is 1. The summed E-state index contributed by atoms with van der Waals surface area (Å²) in [6, 6.07) is 20.8. The fourth-order valence-corrected chi connectivity index (χ4v) is 4.19. The van der Waals surface area contributed by atoms with E-state index in [1.807, 2.05) is 18.2 Å². The van der Waals surface area contributed by atoms with Crippen LogP contribution in [0.4, 0.5) is 5.69 Å². The molecule has 8 heteroatoms. The number of anilines is 1. The molecule has 0 unspecified atom stereocenters. The van der Waals surface area contributed by atoms with Gasteiger partial charge in [-0.05, 0) is 60.7 Å². The quantitative estimate of drug-likeness (QED) is 0.678. The summed E-state index contributed by atoms with van der Waals surface area (Å²) in [5.41, 5.74) is 0.294. The summed E-state index contributed by atoms with van der Waals surface area (Å²) in [7, 11) is -7.14. The second kappa shape index (κ2) is 7.42. The van der Waals surface area contributed by atoms with Crippen molar-refractivity contribution in [2.75, 3.05) is 11.0 Å². The van der Waals surface area contributed by atoms with E-state index in [9.17, 15) is 16.8 Å². The van der Waals surface area contributed by atoms with Gasteiger partial charge in [-0.2, -0.15) is 0 Å². The Morgan fingerprint density at radius 3 is 1.67 bits per heavy atom. The van der Waals surface area contributed by atoms with Gasteiger partial charge in [0, 0.05) is 5.69 Å². The van der Waals surface area contributed by atoms with E-state index in [2.05, 4.69) is 4.72 Å². The first kappa shape index (κ1) is 18.9. The number of sulfonamides is 1. The highest BCUT2D eigenvalue weighted by atomic mass is 32.2. The summed E-state index contributed by atoms with van der Waals surface area (Å²) < 4.78 is 55.8. The number of para-hydroxylation sites is 1. The molecule has 6 nitrogen and oxygen atoms in total. The predicted molar refractivity (Wildman–Crippen MR) is 103 cm³/mol. The molecule has 0 aromatic heterocycles. The largest absolute Gasteiger partial charge is 0.457 e. The van der Waals surface area contributed by atoms with Crippen molar-refractivity contribution < 1.29 is 21.6 Å². The molecule has 0 bridgehead atoms. The molecule has 3 rings (SSSR count). The van der Waals surface area contributed by atoms with Crippen LogP contribution in [-0.2, 0) is 19.9 Å². The normalized spacial score (nSPS) is 11.7. The Labute approximate surface area is 158 Å². The number of hydrogen-bond acceptors (Lipinski definition) is 5. The molecule has 0 aliphatic rings. The van der Waals surface area contributed by atoms with E-state index >= 15 is 0 Å². The zero-order chi connectivity index (χ0) is 19.5. The number of sulfone groups is 1. The Hall–Kier alpha value is -2.84. The van der Waals surface area contributed by atoms with Crippen LogP contribution in [-0.4, -0.2) is 23.1 Å². The van der Waals surface area contributed by atoms with E-state index in [0.717, 1.165) is 6.26 Å². The topological polar surface area (TPSA) is 89.5 Å². The van der Waals surface area contributed by atoms with E-state index in [1.54, 1.807) is 24.3 Å². The Morgan fingerprint density at radius 2 is 1.15 bits per heavy atom. The van der Waals surface area contributed by atoms with Crippen LogP contribution in [0.3, 0.4) is 0 Å². The van der Waals surface area contributed by atoms with Gasteiger partial charge in [-0.3, -0.25) is 4.72 Å². The van der Waals surface area contributed by atoms with Gasteiger partial charge in [0.1, 0.15) is 11.5 Å². The van der Waals surface area contributed by atoms with Crippen molar-refractivity contribution in [1.82, 2.24) is 0 Å². The van der Waals surface area contributed by atoms with Gasteiger partial charge in [0.15, 0.2) is 0 Å². The molecule has 0 heterocycles. The summed E-state index contributed by atoms with van der Waals surface area (Å²) >= 11 is 0. The first-order valence-electron chi connectivity index (χ1n) is 7.90. The average molecular weight is 403 g/mol. The smallest absolute Gasteiger partial charge is 0.229 e. The molecule has 3 aromatic rings. The minimum Gasteiger partial charge on any atom is -0.457 e. The highest BCUT2D eigenvalue weighted by Gasteiger charge is 2.18. The van der Waals surface area contributed by atoms with E-state index in [4.69, 9.17) is 4.74 Å². The van der Waals surface area contributed by atoms with E-state index < -0.39 is 19.9 Å². The second-order valence-electron chi connectivity index (χ2n) is 5.79. The fraction of sp³-hybridized carbons (Fsp3) is 0.0526. The maximum absolute atomic E-state index is 12.7. The Bertz CT molecular complexity index is 1120. The highest BCUT2D eigenvalue weighted by Crippen LogP contribution is 2.26. The highest BCUT2D eigenvalue weighted by molar-refractivity contribution is 7.92. The predicted octanol–water partition coefficient (Wildman–Crippen LogP) is 3.68. The number of rotatable bonds is 6. The zero-order valence-corrected chi connectivity index (χ0v) is 16.0.